The minimum absolute atomic E-state index is 0.178. The van der Waals surface area contributed by atoms with Crippen LogP contribution in [0, 0.1) is 5.92 Å². The molecule has 0 saturated heterocycles. The Morgan fingerprint density at radius 1 is 1.06 bits per heavy atom. The molecule has 0 aliphatic heterocycles. The Bertz CT molecular complexity index is 176. The van der Waals surface area contributed by atoms with Crippen molar-refractivity contribution in [1.82, 2.24) is 0 Å². The molecule has 0 saturated carbocycles. The second kappa shape index (κ2) is 11.9. The highest BCUT2D eigenvalue weighted by molar-refractivity contribution is 4.64. The Morgan fingerprint density at radius 2 is 1.78 bits per heavy atom. The molecule has 0 rings (SSSR count). The second-order valence-electron chi connectivity index (χ2n) is 5.04. The van der Waals surface area contributed by atoms with E-state index in [1.54, 1.807) is 0 Å². The van der Waals surface area contributed by atoms with Gasteiger partial charge in [-0.1, -0.05) is 13.8 Å². The molecule has 4 heteroatoms. The Balaban J connectivity index is 3.78. The lowest BCUT2D eigenvalue weighted by atomic mass is 10.1. The third kappa shape index (κ3) is 11.0. The average Bonchev–Trinajstić information content (AvgIpc) is 2.32. The molecule has 0 aliphatic rings. The van der Waals surface area contributed by atoms with Crippen LogP contribution in [-0.2, 0) is 14.2 Å². The summed E-state index contributed by atoms with van der Waals surface area (Å²) in [5.41, 5.74) is 5.61. The van der Waals surface area contributed by atoms with Crippen LogP contribution >= 0.6 is 0 Å². The molecule has 110 valence electrons. The van der Waals surface area contributed by atoms with Gasteiger partial charge in [0.15, 0.2) is 0 Å². The maximum atomic E-state index is 5.78. The van der Waals surface area contributed by atoms with E-state index in [1.165, 1.54) is 0 Å². The Hall–Kier alpha value is -0.160. The molecule has 2 unspecified atom stereocenters. The van der Waals surface area contributed by atoms with Gasteiger partial charge in [0.1, 0.15) is 0 Å². The van der Waals surface area contributed by atoms with Crippen LogP contribution in [0.4, 0.5) is 0 Å². The van der Waals surface area contributed by atoms with E-state index in [0.717, 1.165) is 26.1 Å². The van der Waals surface area contributed by atoms with Crippen LogP contribution in [0.2, 0.25) is 0 Å². The first kappa shape index (κ1) is 17.8. The van der Waals surface area contributed by atoms with Gasteiger partial charge in [-0.2, -0.15) is 0 Å². The summed E-state index contributed by atoms with van der Waals surface area (Å²) in [6, 6.07) is 0. The van der Waals surface area contributed by atoms with Gasteiger partial charge in [-0.05, 0) is 39.2 Å². The average molecular weight is 261 g/mol. The summed E-state index contributed by atoms with van der Waals surface area (Å²) in [4.78, 5) is 0. The molecule has 0 bridgehead atoms. The molecule has 0 spiro atoms. The molecule has 0 aliphatic carbocycles. The molecular formula is C14H31NO3. The van der Waals surface area contributed by atoms with Crippen molar-refractivity contribution in [2.45, 2.75) is 52.7 Å². The monoisotopic (exact) mass is 261 g/mol. The minimum Gasteiger partial charge on any atom is -0.379 e. The molecule has 18 heavy (non-hydrogen) atoms. The number of nitrogens with two attached hydrogens (primary N) is 1. The molecule has 0 fully saturated rings. The van der Waals surface area contributed by atoms with Gasteiger partial charge in [-0.15, -0.1) is 0 Å². The van der Waals surface area contributed by atoms with Crippen LogP contribution in [0.1, 0.15) is 40.5 Å². The number of hydrogen-bond acceptors (Lipinski definition) is 4. The molecule has 2 N–H and O–H groups in total. The highest BCUT2D eigenvalue weighted by Crippen LogP contribution is 2.10. The first-order chi connectivity index (χ1) is 8.60. The number of hydrogen-bond donors (Lipinski definition) is 1. The zero-order valence-electron chi connectivity index (χ0n) is 12.5. The number of rotatable bonds is 12. The van der Waals surface area contributed by atoms with Crippen molar-refractivity contribution in [2.75, 3.05) is 33.0 Å². The summed E-state index contributed by atoms with van der Waals surface area (Å²) in [6.45, 7) is 11.9. The van der Waals surface area contributed by atoms with E-state index in [9.17, 15) is 0 Å². The van der Waals surface area contributed by atoms with Crippen LogP contribution in [-0.4, -0.2) is 45.2 Å². The fourth-order valence-electron chi connectivity index (χ4n) is 1.67. The lowest BCUT2D eigenvalue weighted by molar-refractivity contribution is -0.0350. The quantitative estimate of drug-likeness (QED) is 0.547. The third-order valence-corrected chi connectivity index (χ3v) is 2.58. The van der Waals surface area contributed by atoms with E-state index in [2.05, 4.69) is 20.8 Å². The molecule has 0 aromatic heterocycles. The molecule has 2 atom stereocenters. The summed E-state index contributed by atoms with van der Waals surface area (Å²) < 4.78 is 16.8. The Labute approximate surface area is 112 Å². The van der Waals surface area contributed by atoms with Gasteiger partial charge >= 0.3 is 0 Å². The first-order valence-electron chi connectivity index (χ1n) is 7.11. The molecule has 0 radical (unpaired) electrons. The van der Waals surface area contributed by atoms with Crippen molar-refractivity contribution in [3.8, 4) is 0 Å². The van der Waals surface area contributed by atoms with Crippen molar-refractivity contribution >= 4 is 0 Å². The molecule has 0 aromatic carbocycles. The van der Waals surface area contributed by atoms with E-state index < -0.39 is 0 Å². The standard InChI is InChI=1S/C14H31NO3/c1-5-16-8-9-17-14(6-7-15)10-13(4)18-11-12(2)3/h12-14H,5-11,15H2,1-4H3. The van der Waals surface area contributed by atoms with Gasteiger partial charge < -0.3 is 19.9 Å². The van der Waals surface area contributed by atoms with Crippen molar-refractivity contribution in [2.24, 2.45) is 11.7 Å². The van der Waals surface area contributed by atoms with E-state index in [-0.39, 0.29) is 12.2 Å². The van der Waals surface area contributed by atoms with Crippen LogP contribution in [0.5, 0.6) is 0 Å². The predicted molar refractivity (Wildman–Crippen MR) is 74.8 cm³/mol. The second-order valence-corrected chi connectivity index (χ2v) is 5.04. The van der Waals surface area contributed by atoms with E-state index >= 15 is 0 Å². The van der Waals surface area contributed by atoms with Crippen molar-refractivity contribution < 1.29 is 14.2 Å². The van der Waals surface area contributed by atoms with Gasteiger partial charge in [0.2, 0.25) is 0 Å². The maximum absolute atomic E-state index is 5.78. The summed E-state index contributed by atoms with van der Waals surface area (Å²) >= 11 is 0. The van der Waals surface area contributed by atoms with E-state index in [0.29, 0.717) is 25.7 Å². The van der Waals surface area contributed by atoms with E-state index in [1.807, 2.05) is 6.92 Å². The first-order valence-corrected chi connectivity index (χ1v) is 7.11. The van der Waals surface area contributed by atoms with Gasteiger partial charge in [0, 0.05) is 13.2 Å². The normalized spacial score (nSPS) is 15.0. The van der Waals surface area contributed by atoms with Gasteiger partial charge in [0.05, 0.1) is 25.4 Å². The molecule has 0 amide bonds. The number of ether oxygens (including phenoxy) is 3. The van der Waals surface area contributed by atoms with Crippen molar-refractivity contribution in [1.29, 1.82) is 0 Å². The van der Waals surface area contributed by atoms with Crippen LogP contribution in [0.15, 0.2) is 0 Å². The smallest absolute Gasteiger partial charge is 0.0704 e. The van der Waals surface area contributed by atoms with Gasteiger partial charge in [-0.3, -0.25) is 0 Å². The Morgan fingerprint density at radius 3 is 2.33 bits per heavy atom. The van der Waals surface area contributed by atoms with Crippen LogP contribution < -0.4 is 5.73 Å². The topological polar surface area (TPSA) is 53.7 Å². The van der Waals surface area contributed by atoms with Gasteiger partial charge in [-0.25, -0.2) is 0 Å². The van der Waals surface area contributed by atoms with E-state index in [4.69, 9.17) is 19.9 Å². The summed E-state index contributed by atoms with van der Waals surface area (Å²) in [7, 11) is 0. The lowest BCUT2D eigenvalue weighted by Crippen LogP contribution is -2.26. The fraction of sp³-hybridized carbons (Fsp3) is 1.00. The Kier molecular flexibility index (Phi) is 11.8. The van der Waals surface area contributed by atoms with Crippen molar-refractivity contribution in [3.63, 3.8) is 0 Å². The summed E-state index contributed by atoms with van der Waals surface area (Å²) in [6.07, 6.45) is 2.17. The molecule has 0 aromatic rings. The lowest BCUT2D eigenvalue weighted by Gasteiger charge is -2.22. The zero-order valence-corrected chi connectivity index (χ0v) is 12.5. The van der Waals surface area contributed by atoms with Crippen molar-refractivity contribution in [3.05, 3.63) is 0 Å². The highest BCUT2D eigenvalue weighted by atomic mass is 16.5. The van der Waals surface area contributed by atoms with Crippen LogP contribution in [0.3, 0.4) is 0 Å². The molecular weight excluding hydrogens is 230 g/mol. The van der Waals surface area contributed by atoms with Crippen LogP contribution in [0.25, 0.3) is 0 Å². The molecule has 4 nitrogen and oxygen atoms in total. The largest absolute Gasteiger partial charge is 0.379 e. The highest BCUT2D eigenvalue weighted by Gasteiger charge is 2.14. The molecule has 0 heterocycles. The zero-order chi connectivity index (χ0) is 13.8. The third-order valence-electron chi connectivity index (χ3n) is 2.58. The summed E-state index contributed by atoms with van der Waals surface area (Å²) in [5, 5.41) is 0. The SMILES string of the molecule is CCOCCOC(CCN)CC(C)OCC(C)C. The maximum Gasteiger partial charge on any atom is 0.0704 e. The summed E-state index contributed by atoms with van der Waals surface area (Å²) in [5.74, 6) is 0.569. The predicted octanol–water partition coefficient (Wildman–Crippen LogP) is 2.21. The van der Waals surface area contributed by atoms with Gasteiger partial charge in [0.25, 0.3) is 0 Å². The fourth-order valence-corrected chi connectivity index (χ4v) is 1.67. The minimum atomic E-state index is 0.178.